The number of hydrogen-bond acceptors (Lipinski definition) is 0. The first-order valence-corrected chi connectivity index (χ1v) is 6.81. The highest BCUT2D eigenvalue weighted by atomic mass is 14.3. The summed E-state index contributed by atoms with van der Waals surface area (Å²) in [6.07, 6.45) is 8.23. The van der Waals surface area contributed by atoms with Crippen LogP contribution in [-0.2, 0) is 6.42 Å². The summed E-state index contributed by atoms with van der Waals surface area (Å²) in [5, 5.41) is 0. The Hall–Kier alpha value is -1.82. The summed E-state index contributed by atoms with van der Waals surface area (Å²) >= 11 is 0. The number of allylic oxidation sites excluding steroid dienone is 2. The van der Waals surface area contributed by atoms with Crippen molar-refractivity contribution in [1.29, 1.82) is 0 Å². The summed E-state index contributed by atoms with van der Waals surface area (Å²) in [6.45, 7) is 0. The molecule has 0 amide bonds. The molecule has 0 fully saturated rings. The van der Waals surface area contributed by atoms with Crippen molar-refractivity contribution in [3.05, 3.63) is 71.3 Å². The van der Waals surface area contributed by atoms with E-state index in [-0.39, 0.29) is 0 Å². The Morgan fingerprint density at radius 2 is 1.72 bits per heavy atom. The van der Waals surface area contributed by atoms with Gasteiger partial charge in [-0.2, -0.15) is 0 Å². The van der Waals surface area contributed by atoms with Crippen molar-refractivity contribution >= 4 is 0 Å². The highest BCUT2D eigenvalue weighted by molar-refractivity contribution is 5.80. The molecule has 0 nitrogen and oxygen atoms in total. The molecule has 0 saturated carbocycles. The predicted molar refractivity (Wildman–Crippen MR) is 75.8 cm³/mol. The van der Waals surface area contributed by atoms with Crippen LogP contribution < -0.4 is 0 Å². The van der Waals surface area contributed by atoms with Crippen molar-refractivity contribution in [2.75, 3.05) is 0 Å². The van der Waals surface area contributed by atoms with Crippen molar-refractivity contribution < 1.29 is 0 Å². The first kappa shape index (κ1) is 10.1. The zero-order valence-corrected chi connectivity index (χ0v) is 10.4. The standard InChI is InChI=1S/C18H16/c1-2-7-13-8-6-12-17-15-10-5-4-9-14(15)16(11-3-1)18(13)17/h1,3-6,8-10,12,16H,2,7,11H2. The monoisotopic (exact) mass is 232 g/mol. The van der Waals surface area contributed by atoms with Crippen LogP contribution in [0.1, 0.15) is 35.4 Å². The van der Waals surface area contributed by atoms with Crippen molar-refractivity contribution in [3.63, 3.8) is 0 Å². The Bertz CT molecular complexity index is 634. The number of hydrogen-bond donors (Lipinski definition) is 0. The van der Waals surface area contributed by atoms with Gasteiger partial charge in [-0.3, -0.25) is 0 Å². The van der Waals surface area contributed by atoms with Gasteiger partial charge >= 0.3 is 0 Å². The van der Waals surface area contributed by atoms with E-state index in [1.807, 2.05) is 0 Å². The fourth-order valence-corrected chi connectivity index (χ4v) is 3.51. The molecule has 0 N–H and O–H groups in total. The average Bonchev–Trinajstić information content (AvgIpc) is 2.70. The Morgan fingerprint density at radius 1 is 0.833 bits per heavy atom. The topological polar surface area (TPSA) is 0 Å². The molecule has 0 spiro atoms. The van der Waals surface area contributed by atoms with Crippen molar-refractivity contribution in [1.82, 2.24) is 0 Å². The Kier molecular flexibility index (Phi) is 2.16. The van der Waals surface area contributed by atoms with Crippen LogP contribution in [0.25, 0.3) is 11.1 Å². The average molecular weight is 232 g/mol. The molecular weight excluding hydrogens is 216 g/mol. The van der Waals surface area contributed by atoms with E-state index in [0.717, 1.165) is 6.42 Å². The summed E-state index contributed by atoms with van der Waals surface area (Å²) < 4.78 is 0. The van der Waals surface area contributed by atoms with Crippen molar-refractivity contribution in [2.24, 2.45) is 0 Å². The van der Waals surface area contributed by atoms with E-state index in [1.165, 1.54) is 29.5 Å². The van der Waals surface area contributed by atoms with Gasteiger partial charge in [-0.1, -0.05) is 54.6 Å². The van der Waals surface area contributed by atoms with E-state index in [9.17, 15) is 0 Å². The van der Waals surface area contributed by atoms with Crippen LogP contribution >= 0.6 is 0 Å². The maximum absolute atomic E-state index is 2.37. The molecule has 0 bridgehead atoms. The van der Waals surface area contributed by atoms with Gasteiger partial charge in [0.15, 0.2) is 0 Å². The van der Waals surface area contributed by atoms with Gasteiger partial charge in [0.2, 0.25) is 0 Å². The van der Waals surface area contributed by atoms with Crippen LogP contribution in [0.3, 0.4) is 0 Å². The van der Waals surface area contributed by atoms with Gasteiger partial charge in [0.1, 0.15) is 0 Å². The SMILES string of the molecule is C1=CCC2c3ccccc3-c3cccc(c32)CC1. The van der Waals surface area contributed by atoms with Gasteiger partial charge in [0.25, 0.3) is 0 Å². The molecule has 2 aromatic rings. The fourth-order valence-electron chi connectivity index (χ4n) is 3.51. The van der Waals surface area contributed by atoms with Crippen molar-refractivity contribution in [2.45, 2.75) is 25.2 Å². The van der Waals surface area contributed by atoms with Crippen LogP contribution in [0.15, 0.2) is 54.6 Å². The first-order chi connectivity index (χ1) is 8.95. The van der Waals surface area contributed by atoms with Crippen molar-refractivity contribution in [3.8, 4) is 11.1 Å². The van der Waals surface area contributed by atoms with Gasteiger partial charge in [0, 0.05) is 5.92 Å². The maximum Gasteiger partial charge on any atom is 0.0139 e. The molecule has 0 radical (unpaired) electrons. The lowest BCUT2D eigenvalue weighted by atomic mass is 9.87. The summed E-state index contributed by atoms with van der Waals surface area (Å²) in [5.74, 6) is 0.587. The lowest BCUT2D eigenvalue weighted by Crippen LogP contribution is -2.02. The van der Waals surface area contributed by atoms with Crippen LogP contribution in [0.5, 0.6) is 0 Å². The minimum absolute atomic E-state index is 0.587. The van der Waals surface area contributed by atoms with E-state index < -0.39 is 0 Å². The molecule has 0 heterocycles. The van der Waals surface area contributed by atoms with Crippen LogP contribution in [0, 0.1) is 0 Å². The third kappa shape index (κ3) is 1.32. The van der Waals surface area contributed by atoms with Gasteiger partial charge in [0.05, 0.1) is 0 Å². The second-order valence-corrected chi connectivity index (χ2v) is 5.26. The van der Waals surface area contributed by atoms with Gasteiger partial charge < -0.3 is 0 Å². The predicted octanol–water partition coefficient (Wildman–Crippen LogP) is 4.69. The third-order valence-electron chi connectivity index (χ3n) is 4.29. The lowest BCUT2D eigenvalue weighted by molar-refractivity contribution is 0.808. The van der Waals surface area contributed by atoms with Crippen LogP contribution in [-0.4, -0.2) is 0 Å². The smallest absolute Gasteiger partial charge is 0.0139 e. The lowest BCUT2D eigenvalue weighted by Gasteiger charge is -2.17. The first-order valence-electron chi connectivity index (χ1n) is 6.81. The van der Waals surface area contributed by atoms with Gasteiger partial charge in [-0.05, 0) is 47.1 Å². The molecule has 0 heteroatoms. The molecule has 2 aliphatic carbocycles. The summed E-state index contributed by atoms with van der Waals surface area (Å²) in [6, 6.07) is 15.7. The highest BCUT2D eigenvalue weighted by Crippen LogP contribution is 2.48. The highest BCUT2D eigenvalue weighted by Gasteiger charge is 2.29. The van der Waals surface area contributed by atoms with Gasteiger partial charge in [-0.15, -0.1) is 0 Å². The summed E-state index contributed by atoms with van der Waals surface area (Å²) in [4.78, 5) is 0. The molecule has 18 heavy (non-hydrogen) atoms. The van der Waals surface area contributed by atoms with Gasteiger partial charge in [-0.25, -0.2) is 0 Å². The van der Waals surface area contributed by atoms with E-state index in [2.05, 4.69) is 54.6 Å². The zero-order chi connectivity index (χ0) is 11.9. The molecule has 0 aromatic heterocycles. The Morgan fingerprint density at radius 3 is 2.72 bits per heavy atom. The number of fused-ring (bicyclic) bond motifs is 3. The molecule has 1 unspecified atom stereocenters. The summed E-state index contributed by atoms with van der Waals surface area (Å²) in [5.41, 5.74) is 7.60. The molecule has 0 aliphatic heterocycles. The molecule has 2 aromatic carbocycles. The number of aryl methyl sites for hydroxylation is 1. The van der Waals surface area contributed by atoms with Crippen LogP contribution in [0.4, 0.5) is 0 Å². The minimum Gasteiger partial charge on any atom is -0.0882 e. The van der Waals surface area contributed by atoms with E-state index in [4.69, 9.17) is 0 Å². The molecule has 1 atom stereocenters. The number of benzene rings is 2. The quantitative estimate of drug-likeness (QED) is 0.578. The molecule has 88 valence electrons. The van der Waals surface area contributed by atoms with Crippen LogP contribution in [0.2, 0.25) is 0 Å². The Balaban J connectivity index is 2.03. The second kappa shape index (κ2) is 3.84. The number of rotatable bonds is 0. The normalized spacial score (nSPS) is 19.9. The fraction of sp³-hybridized carbons (Fsp3) is 0.222. The zero-order valence-electron chi connectivity index (χ0n) is 10.4. The molecular formula is C18H16. The van der Waals surface area contributed by atoms with E-state index in [0.29, 0.717) is 5.92 Å². The molecule has 4 rings (SSSR count). The van der Waals surface area contributed by atoms with E-state index in [1.54, 1.807) is 11.1 Å². The maximum atomic E-state index is 2.37. The molecule has 0 saturated heterocycles. The summed E-state index contributed by atoms with van der Waals surface area (Å²) in [7, 11) is 0. The molecule has 2 aliphatic rings. The third-order valence-corrected chi connectivity index (χ3v) is 4.29. The largest absolute Gasteiger partial charge is 0.0882 e. The second-order valence-electron chi connectivity index (χ2n) is 5.26. The minimum atomic E-state index is 0.587. The van der Waals surface area contributed by atoms with E-state index >= 15 is 0 Å². The Labute approximate surface area is 108 Å².